The molecule has 52 heavy (non-hydrogen) atoms. The fourth-order valence-electron chi connectivity index (χ4n) is 8.50. The SMILES string of the molecule is C[C@H]1C=C2C=C[C@H](C)[C@H](CC[C@@H]3C[C@@H](O)CC(=O)O3)[C@H]2[C@@H](OC(=O)NCCCCCCNc2cccc3c2C(=O)N(C2CCC(=O)NC2=O)C3=O)C1. The number of ether oxygens (including phenoxy) is 2. The lowest BCUT2D eigenvalue weighted by Gasteiger charge is -2.43. The van der Waals surface area contributed by atoms with Crippen LogP contribution in [-0.4, -0.2) is 83.1 Å². The molecule has 0 aromatic heterocycles. The van der Waals surface area contributed by atoms with Crippen molar-refractivity contribution in [3.63, 3.8) is 0 Å². The Morgan fingerprint density at radius 2 is 1.81 bits per heavy atom. The molecule has 6 rings (SSSR count). The highest BCUT2D eigenvalue weighted by atomic mass is 16.6. The van der Waals surface area contributed by atoms with Gasteiger partial charge >= 0.3 is 12.1 Å². The summed E-state index contributed by atoms with van der Waals surface area (Å²) in [6.07, 6.45) is 11.2. The zero-order chi connectivity index (χ0) is 36.9. The van der Waals surface area contributed by atoms with Crippen LogP contribution in [0.1, 0.15) is 105 Å². The number of unbranched alkanes of at least 4 members (excludes halogenated alkanes) is 3. The highest BCUT2D eigenvalue weighted by Gasteiger charge is 2.46. The van der Waals surface area contributed by atoms with E-state index in [2.05, 4.69) is 48.0 Å². The molecule has 5 amide bonds. The number of anilines is 1. The maximum Gasteiger partial charge on any atom is 0.407 e. The predicted molar refractivity (Wildman–Crippen MR) is 190 cm³/mol. The Labute approximate surface area is 303 Å². The van der Waals surface area contributed by atoms with E-state index in [9.17, 15) is 33.9 Å². The molecule has 0 radical (unpaired) electrons. The van der Waals surface area contributed by atoms with Gasteiger partial charge < -0.3 is 25.2 Å². The molecule has 2 saturated heterocycles. The lowest BCUT2D eigenvalue weighted by molar-refractivity contribution is -0.160. The molecule has 3 aliphatic heterocycles. The van der Waals surface area contributed by atoms with Crippen molar-refractivity contribution >= 4 is 41.4 Å². The second kappa shape index (κ2) is 16.4. The number of esters is 1. The van der Waals surface area contributed by atoms with E-state index in [1.165, 1.54) is 5.57 Å². The van der Waals surface area contributed by atoms with Gasteiger partial charge in [0.25, 0.3) is 11.8 Å². The zero-order valence-corrected chi connectivity index (χ0v) is 29.9. The van der Waals surface area contributed by atoms with E-state index in [-0.39, 0.29) is 72.2 Å². The normalized spacial score (nSPS) is 29.9. The Morgan fingerprint density at radius 1 is 1.02 bits per heavy atom. The number of benzene rings is 1. The quantitative estimate of drug-likeness (QED) is 0.130. The number of rotatable bonds is 13. The molecule has 1 aromatic rings. The van der Waals surface area contributed by atoms with Crippen LogP contribution in [0.4, 0.5) is 10.5 Å². The summed E-state index contributed by atoms with van der Waals surface area (Å²) in [6.45, 7) is 5.36. The second-order valence-corrected chi connectivity index (χ2v) is 15.0. The third-order valence-electron chi connectivity index (χ3n) is 11.1. The molecule has 1 unspecified atom stereocenters. The number of carbonyl (C=O) groups excluding carboxylic acids is 6. The number of piperidine rings is 1. The average molecular weight is 719 g/mol. The van der Waals surface area contributed by atoms with E-state index in [1.54, 1.807) is 18.2 Å². The smallest absolute Gasteiger partial charge is 0.407 e. The summed E-state index contributed by atoms with van der Waals surface area (Å²) < 4.78 is 11.6. The van der Waals surface area contributed by atoms with Crippen molar-refractivity contribution in [1.82, 2.24) is 15.5 Å². The van der Waals surface area contributed by atoms with Gasteiger partial charge in [0.15, 0.2) is 0 Å². The van der Waals surface area contributed by atoms with Crippen LogP contribution in [0.3, 0.4) is 0 Å². The molecular formula is C39H50N4O9. The van der Waals surface area contributed by atoms with Gasteiger partial charge in [-0.15, -0.1) is 0 Å². The number of amides is 5. The van der Waals surface area contributed by atoms with Gasteiger partial charge in [-0.25, -0.2) is 4.79 Å². The molecule has 0 saturated carbocycles. The van der Waals surface area contributed by atoms with E-state index in [1.807, 2.05) is 0 Å². The molecule has 0 bridgehead atoms. The number of allylic oxidation sites excluding steroid dienone is 3. The van der Waals surface area contributed by atoms with Crippen LogP contribution in [-0.2, 0) is 23.9 Å². The summed E-state index contributed by atoms with van der Waals surface area (Å²) in [7, 11) is 0. The fraction of sp³-hybridized carbons (Fsp3) is 0.590. The molecule has 13 heteroatoms. The Hall–Kier alpha value is -4.52. The molecule has 1 aromatic carbocycles. The lowest BCUT2D eigenvalue weighted by Crippen LogP contribution is -2.54. The Kier molecular flexibility index (Phi) is 11.8. The monoisotopic (exact) mass is 718 g/mol. The number of fused-ring (bicyclic) bond motifs is 2. The Morgan fingerprint density at radius 3 is 2.58 bits per heavy atom. The number of imide groups is 2. The summed E-state index contributed by atoms with van der Waals surface area (Å²) in [4.78, 5) is 76.2. The molecule has 8 atom stereocenters. The number of nitrogens with zero attached hydrogens (tertiary/aromatic N) is 1. The van der Waals surface area contributed by atoms with Crippen LogP contribution in [0.2, 0.25) is 0 Å². The van der Waals surface area contributed by atoms with Gasteiger partial charge in [-0.2, -0.15) is 0 Å². The van der Waals surface area contributed by atoms with Gasteiger partial charge in [-0.1, -0.05) is 51.0 Å². The number of aliphatic hydroxyl groups excluding tert-OH is 1. The van der Waals surface area contributed by atoms with Crippen molar-refractivity contribution in [2.45, 2.75) is 109 Å². The topological polar surface area (TPSA) is 180 Å². The highest BCUT2D eigenvalue weighted by Crippen LogP contribution is 2.45. The number of aliphatic hydroxyl groups is 1. The molecule has 5 aliphatic rings. The average Bonchev–Trinajstić information content (AvgIpc) is 3.34. The number of hydrogen-bond acceptors (Lipinski definition) is 10. The van der Waals surface area contributed by atoms with Crippen molar-refractivity contribution in [1.29, 1.82) is 0 Å². The summed E-state index contributed by atoms with van der Waals surface area (Å²) in [5.74, 6) is -1.67. The summed E-state index contributed by atoms with van der Waals surface area (Å²) >= 11 is 0. The first-order chi connectivity index (χ1) is 25.0. The van der Waals surface area contributed by atoms with E-state index < -0.39 is 41.9 Å². The van der Waals surface area contributed by atoms with Crippen LogP contribution in [0.5, 0.6) is 0 Å². The number of alkyl carbamates (subject to hydrolysis) is 1. The van der Waals surface area contributed by atoms with E-state index in [0.29, 0.717) is 31.6 Å². The van der Waals surface area contributed by atoms with Gasteiger partial charge in [0.2, 0.25) is 11.8 Å². The molecule has 2 aliphatic carbocycles. The van der Waals surface area contributed by atoms with Gasteiger partial charge in [-0.05, 0) is 74.0 Å². The van der Waals surface area contributed by atoms with Gasteiger partial charge in [0.05, 0.1) is 23.7 Å². The van der Waals surface area contributed by atoms with Crippen LogP contribution in [0.15, 0.2) is 42.0 Å². The van der Waals surface area contributed by atoms with Crippen molar-refractivity contribution in [2.75, 3.05) is 18.4 Å². The van der Waals surface area contributed by atoms with E-state index in [0.717, 1.165) is 43.4 Å². The number of carbonyl (C=O) groups is 6. The molecule has 280 valence electrons. The van der Waals surface area contributed by atoms with Gasteiger partial charge in [0, 0.05) is 37.5 Å². The summed E-state index contributed by atoms with van der Waals surface area (Å²) in [6, 6.07) is 4.00. The fourth-order valence-corrected chi connectivity index (χ4v) is 8.50. The standard InChI is InChI=1S/C39H50N4O9/c1-22-18-24-11-10-23(2)27(13-12-26-20-25(44)21-33(46)51-26)34(24)31(19-22)52-39(50)41-17-6-4-3-5-16-40-29-9-7-8-28-35(29)38(49)43(37(28)48)30-14-15-32(45)42-36(30)47/h7-11,18,22-23,25-27,30-31,34,40,44H,3-6,12-17,19-21H2,1-2H3,(H,41,50)(H,42,45,47)/t22-,23-,25+,26+,27-,30?,31-,34-/m0/s1. The van der Waals surface area contributed by atoms with E-state index >= 15 is 0 Å². The summed E-state index contributed by atoms with van der Waals surface area (Å²) in [5, 5.41) is 18.5. The molecule has 4 N–H and O–H groups in total. The largest absolute Gasteiger partial charge is 0.462 e. The molecule has 13 nitrogen and oxygen atoms in total. The van der Waals surface area contributed by atoms with Crippen molar-refractivity contribution in [2.24, 2.45) is 23.7 Å². The Balaban J connectivity index is 0.924. The summed E-state index contributed by atoms with van der Waals surface area (Å²) in [5.41, 5.74) is 2.21. The minimum absolute atomic E-state index is 0.0493. The van der Waals surface area contributed by atoms with Crippen molar-refractivity contribution in [3.8, 4) is 0 Å². The number of cyclic esters (lactones) is 1. The van der Waals surface area contributed by atoms with Crippen molar-refractivity contribution in [3.05, 3.63) is 53.1 Å². The minimum Gasteiger partial charge on any atom is -0.462 e. The molecule has 0 spiro atoms. The predicted octanol–water partition coefficient (Wildman–Crippen LogP) is 4.41. The highest BCUT2D eigenvalue weighted by molar-refractivity contribution is 6.25. The molecule has 2 fully saturated rings. The van der Waals surface area contributed by atoms with E-state index in [4.69, 9.17) is 9.47 Å². The van der Waals surface area contributed by atoms with Gasteiger partial charge in [-0.3, -0.25) is 34.2 Å². The first-order valence-corrected chi connectivity index (χ1v) is 18.8. The zero-order valence-electron chi connectivity index (χ0n) is 29.9. The van der Waals surface area contributed by atoms with Crippen LogP contribution < -0.4 is 16.0 Å². The van der Waals surface area contributed by atoms with Crippen LogP contribution in [0.25, 0.3) is 0 Å². The third kappa shape index (κ3) is 8.40. The Bertz CT molecular complexity index is 1640. The third-order valence-corrected chi connectivity index (χ3v) is 11.1. The first kappa shape index (κ1) is 37.2. The van der Waals surface area contributed by atoms with Crippen LogP contribution in [0, 0.1) is 23.7 Å². The maximum absolute atomic E-state index is 13.3. The lowest BCUT2D eigenvalue weighted by atomic mass is 9.65. The maximum atomic E-state index is 13.3. The number of nitrogens with one attached hydrogen (secondary N) is 3. The molecular weight excluding hydrogens is 668 g/mol. The molecule has 3 heterocycles. The number of hydrogen-bond donors (Lipinski definition) is 4. The van der Waals surface area contributed by atoms with Crippen LogP contribution >= 0.6 is 0 Å². The van der Waals surface area contributed by atoms with Crippen molar-refractivity contribution < 1.29 is 43.3 Å². The minimum atomic E-state index is -1.01. The first-order valence-electron chi connectivity index (χ1n) is 18.8. The van der Waals surface area contributed by atoms with Gasteiger partial charge in [0.1, 0.15) is 18.2 Å². The second-order valence-electron chi connectivity index (χ2n) is 15.0.